The standard InChI is InChI=1S/C32H48N4O3/c1-34-23-31(27-8-6-4-2-3-5-7-9-27)15-14-26(22-28(31)33-34)24-10-12-25(13-11-24)29(37)35-18-20-36(21-19-35)30(38)32(39)16-17-32/h10-13,26-28,33,39H,2-9,14-23H2,1H3. The van der Waals surface area contributed by atoms with Crippen LogP contribution in [0.1, 0.15) is 105 Å². The lowest BCUT2D eigenvalue weighted by atomic mass is 9.58. The summed E-state index contributed by atoms with van der Waals surface area (Å²) in [7, 11) is 2.23. The molecule has 5 aliphatic rings. The molecule has 214 valence electrons. The third-order valence-electron chi connectivity index (χ3n) is 10.9. The second-order valence-electron chi connectivity index (χ2n) is 13.4. The van der Waals surface area contributed by atoms with Crippen molar-refractivity contribution in [1.82, 2.24) is 20.2 Å². The van der Waals surface area contributed by atoms with Gasteiger partial charge in [0, 0.05) is 56.8 Å². The van der Waals surface area contributed by atoms with Crippen molar-refractivity contribution in [2.75, 3.05) is 39.8 Å². The summed E-state index contributed by atoms with van der Waals surface area (Å²) in [4.78, 5) is 29.2. The van der Waals surface area contributed by atoms with Crippen LogP contribution in [-0.2, 0) is 4.79 Å². The molecule has 2 amide bonds. The molecule has 3 aliphatic carbocycles. The maximum absolute atomic E-state index is 13.2. The average Bonchev–Trinajstić information content (AvgIpc) is 3.57. The minimum atomic E-state index is -1.13. The van der Waals surface area contributed by atoms with Crippen molar-refractivity contribution in [3.8, 4) is 0 Å². The van der Waals surface area contributed by atoms with E-state index in [-0.39, 0.29) is 11.8 Å². The van der Waals surface area contributed by atoms with Gasteiger partial charge in [-0.05, 0) is 74.5 Å². The molecule has 0 bridgehead atoms. The molecule has 7 nitrogen and oxygen atoms in total. The van der Waals surface area contributed by atoms with Crippen LogP contribution >= 0.6 is 0 Å². The quantitative estimate of drug-likeness (QED) is 0.600. The van der Waals surface area contributed by atoms with Crippen LogP contribution < -0.4 is 5.43 Å². The Labute approximate surface area is 234 Å². The van der Waals surface area contributed by atoms with E-state index in [1.807, 2.05) is 17.0 Å². The predicted octanol–water partition coefficient (Wildman–Crippen LogP) is 4.32. The number of piperazine rings is 1. The summed E-state index contributed by atoms with van der Waals surface area (Å²) in [5.74, 6) is 1.25. The van der Waals surface area contributed by atoms with Crippen molar-refractivity contribution in [1.29, 1.82) is 0 Å². The largest absolute Gasteiger partial charge is 0.380 e. The van der Waals surface area contributed by atoms with Gasteiger partial charge in [-0.15, -0.1) is 0 Å². The molecule has 3 atom stereocenters. The molecule has 3 saturated carbocycles. The first-order chi connectivity index (χ1) is 18.9. The van der Waals surface area contributed by atoms with Gasteiger partial charge in [-0.1, -0.05) is 50.7 Å². The Bertz CT molecular complexity index is 1020. The van der Waals surface area contributed by atoms with Crippen LogP contribution in [0.3, 0.4) is 0 Å². The minimum Gasteiger partial charge on any atom is -0.380 e. The average molecular weight is 537 g/mol. The minimum absolute atomic E-state index is 0.0423. The molecule has 7 heteroatoms. The zero-order valence-electron chi connectivity index (χ0n) is 23.9. The van der Waals surface area contributed by atoms with Crippen LogP contribution in [0.5, 0.6) is 0 Å². The zero-order valence-corrected chi connectivity index (χ0v) is 23.9. The number of hydrazine groups is 1. The molecule has 1 aromatic rings. The van der Waals surface area contributed by atoms with Crippen molar-refractivity contribution in [2.24, 2.45) is 11.3 Å². The van der Waals surface area contributed by atoms with Crippen LogP contribution in [0, 0.1) is 11.3 Å². The van der Waals surface area contributed by atoms with Crippen LogP contribution in [0.15, 0.2) is 24.3 Å². The summed E-state index contributed by atoms with van der Waals surface area (Å²) in [6, 6.07) is 8.94. The molecule has 3 unspecified atom stereocenters. The fraction of sp³-hybridized carbons (Fsp3) is 0.750. The number of nitrogens with zero attached hydrogens (tertiary/aromatic N) is 3. The predicted molar refractivity (Wildman–Crippen MR) is 152 cm³/mol. The number of nitrogens with one attached hydrogen (secondary N) is 1. The van der Waals surface area contributed by atoms with Gasteiger partial charge in [0.25, 0.3) is 11.8 Å². The van der Waals surface area contributed by atoms with Crippen LogP contribution in [-0.4, -0.2) is 83.1 Å². The molecule has 1 aromatic carbocycles. The topological polar surface area (TPSA) is 76.1 Å². The van der Waals surface area contributed by atoms with Crippen LogP contribution in [0.25, 0.3) is 0 Å². The van der Waals surface area contributed by atoms with Gasteiger partial charge in [0.15, 0.2) is 0 Å². The first-order valence-electron chi connectivity index (χ1n) is 15.8. The Morgan fingerprint density at radius 2 is 1.46 bits per heavy atom. The third-order valence-corrected chi connectivity index (χ3v) is 10.9. The van der Waals surface area contributed by atoms with E-state index in [9.17, 15) is 14.7 Å². The summed E-state index contributed by atoms with van der Waals surface area (Å²) < 4.78 is 0. The van der Waals surface area contributed by atoms with E-state index in [1.54, 1.807) is 4.90 Å². The maximum atomic E-state index is 13.2. The second kappa shape index (κ2) is 11.1. The van der Waals surface area contributed by atoms with E-state index in [4.69, 9.17) is 0 Å². The number of carbonyl (C=O) groups is 2. The SMILES string of the molecule is CN1CC2(C3CCCCCCCC3)CCC(c3ccc(C(=O)N4CCN(C(=O)C5(O)CC5)CC4)cc3)CC2N1. The fourth-order valence-electron chi connectivity index (χ4n) is 8.33. The van der Waals surface area contributed by atoms with Crippen molar-refractivity contribution < 1.29 is 14.7 Å². The van der Waals surface area contributed by atoms with E-state index in [2.05, 4.69) is 29.6 Å². The summed E-state index contributed by atoms with van der Waals surface area (Å²) in [5, 5.41) is 12.5. The summed E-state index contributed by atoms with van der Waals surface area (Å²) in [6.07, 6.45) is 16.1. The highest BCUT2D eigenvalue weighted by molar-refractivity contribution is 5.94. The Hall–Kier alpha value is -1.96. The van der Waals surface area contributed by atoms with Gasteiger partial charge in [0.1, 0.15) is 5.60 Å². The Kier molecular flexibility index (Phi) is 7.77. The number of rotatable bonds is 4. The molecule has 0 aromatic heterocycles. The fourth-order valence-corrected chi connectivity index (χ4v) is 8.33. The first-order valence-corrected chi connectivity index (χ1v) is 15.8. The molecular weight excluding hydrogens is 488 g/mol. The van der Waals surface area contributed by atoms with E-state index in [0.29, 0.717) is 56.4 Å². The Balaban J connectivity index is 1.07. The van der Waals surface area contributed by atoms with Gasteiger partial charge in [-0.25, -0.2) is 5.01 Å². The molecule has 0 spiro atoms. The lowest BCUT2D eigenvalue weighted by Crippen LogP contribution is -2.53. The molecule has 39 heavy (non-hydrogen) atoms. The summed E-state index contributed by atoms with van der Waals surface area (Å²) in [5.41, 5.74) is 5.24. The zero-order chi connectivity index (χ0) is 27.0. The molecule has 0 radical (unpaired) electrons. The molecule has 2 saturated heterocycles. The monoisotopic (exact) mass is 536 g/mol. The smallest absolute Gasteiger partial charge is 0.254 e. The van der Waals surface area contributed by atoms with Crippen LogP contribution in [0.4, 0.5) is 0 Å². The number of carbonyl (C=O) groups excluding carboxylic acids is 2. The van der Waals surface area contributed by atoms with E-state index in [1.165, 1.54) is 82.7 Å². The highest BCUT2D eigenvalue weighted by atomic mass is 16.3. The number of aliphatic hydroxyl groups is 1. The highest BCUT2D eigenvalue weighted by Gasteiger charge is 2.53. The number of benzene rings is 1. The Morgan fingerprint density at radius 3 is 2.10 bits per heavy atom. The normalized spacial score (nSPS) is 32.2. The van der Waals surface area contributed by atoms with Gasteiger partial charge in [0.2, 0.25) is 0 Å². The van der Waals surface area contributed by atoms with E-state index < -0.39 is 5.60 Å². The van der Waals surface area contributed by atoms with Crippen molar-refractivity contribution in [2.45, 2.75) is 101 Å². The molecule has 2 N–H and O–H groups in total. The van der Waals surface area contributed by atoms with E-state index >= 15 is 0 Å². The second-order valence-corrected chi connectivity index (χ2v) is 13.4. The molecule has 5 fully saturated rings. The number of hydrogen-bond donors (Lipinski definition) is 2. The Morgan fingerprint density at radius 1 is 0.846 bits per heavy atom. The van der Waals surface area contributed by atoms with Crippen molar-refractivity contribution >= 4 is 11.8 Å². The van der Waals surface area contributed by atoms with Gasteiger partial charge in [-0.2, -0.15) is 0 Å². The number of amides is 2. The summed E-state index contributed by atoms with van der Waals surface area (Å²) >= 11 is 0. The number of hydrogen-bond acceptors (Lipinski definition) is 5. The van der Waals surface area contributed by atoms with Gasteiger partial charge < -0.3 is 14.9 Å². The molecular formula is C32H48N4O3. The lowest BCUT2D eigenvalue weighted by Gasteiger charge is -2.47. The van der Waals surface area contributed by atoms with E-state index in [0.717, 1.165) is 11.5 Å². The maximum Gasteiger partial charge on any atom is 0.254 e. The van der Waals surface area contributed by atoms with Crippen molar-refractivity contribution in [3.05, 3.63) is 35.4 Å². The summed E-state index contributed by atoms with van der Waals surface area (Å²) in [6.45, 7) is 3.22. The van der Waals surface area contributed by atoms with Gasteiger partial charge >= 0.3 is 0 Å². The third kappa shape index (κ3) is 5.51. The van der Waals surface area contributed by atoms with Gasteiger partial charge in [0.05, 0.1) is 0 Å². The lowest BCUT2D eigenvalue weighted by molar-refractivity contribution is -0.143. The molecule has 2 aliphatic heterocycles. The van der Waals surface area contributed by atoms with Crippen molar-refractivity contribution in [3.63, 3.8) is 0 Å². The van der Waals surface area contributed by atoms with Crippen LogP contribution in [0.2, 0.25) is 0 Å². The molecule has 2 heterocycles. The van der Waals surface area contributed by atoms with Gasteiger partial charge in [-0.3, -0.25) is 15.0 Å². The highest BCUT2D eigenvalue weighted by Crippen LogP contribution is 2.53. The molecule has 6 rings (SSSR count). The number of fused-ring (bicyclic) bond motifs is 1. The first kappa shape index (κ1) is 27.2.